The molecule has 5 rings (SSSR count). The van der Waals surface area contributed by atoms with Crippen LogP contribution in [0.3, 0.4) is 0 Å². The Kier molecular flexibility index (Phi) is 7.01. The molecule has 0 bridgehead atoms. The molecule has 0 amide bonds. The summed E-state index contributed by atoms with van der Waals surface area (Å²) >= 11 is 0. The maximum Gasteiger partial charge on any atom is 0.129 e. The van der Waals surface area contributed by atoms with Gasteiger partial charge >= 0.3 is 0 Å². The first-order valence-corrected chi connectivity index (χ1v) is 13.2. The van der Waals surface area contributed by atoms with Crippen LogP contribution in [0.5, 0.6) is 11.5 Å². The molecule has 4 aromatic carbocycles. The topological polar surface area (TPSA) is 18.5 Å². The normalized spacial score (nSPS) is 12.9. The molecule has 0 saturated heterocycles. The molecule has 4 aromatic rings. The number of rotatable bonds is 10. The first-order chi connectivity index (χ1) is 18.2. The summed E-state index contributed by atoms with van der Waals surface area (Å²) < 4.78 is 11.6. The van der Waals surface area contributed by atoms with Crippen molar-refractivity contribution >= 4 is 0 Å². The summed E-state index contributed by atoms with van der Waals surface area (Å²) in [4.78, 5) is 0. The molecule has 0 N–H and O–H groups in total. The lowest BCUT2D eigenvalue weighted by Crippen LogP contribution is -2.29. The van der Waals surface area contributed by atoms with Crippen LogP contribution in [0.2, 0.25) is 0 Å². The molecule has 0 radical (unpaired) electrons. The number of aryl methyl sites for hydroxylation is 2. The largest absolute Gasteiger partial charge is 0.465 e. The Morgan fingerprint density at radius 3 is 1.46 bits per heavy atom. The van der Waals surface area contributed by atoms with Gasteiger partial charge in [-0.25, -0.2) is 0 Å². The lowest BCUT2D eigenvalue weighted by Gasteiger charge is -2.35. The van der Waals surface area contributed by atoms with Crippen LogP contribution in [0.4, 0.5) is 0 Å². The van der Waals surface area contributed by atoms with E-state index in [0.29, 0.717) is 0 Å². The van der Waals surface area contributed by atoms with E-state index in [1.54, 1.807) is 0 Å². The van der Waals surface area contributed by atoms with Crippen molar-refractivity contribution in [2.24, 2.45) is 0 Å². The van der Waals surface area contributed by atoms with Crippen molar-refractivity contribution in [1.29, 1.82) is 0 Å². The lowest BCUT2D eigenvalue weighted by molar-refractivity contribution is 0.475. The van der Waals surface area contributed by atoms with Gasteiger partial charge in [-0.2, -0.15) is 0 Å². The maximum atomic E-state index is 5.82. The SMILES string of the molecule is C=COc1ccc(C2(c3ccc(OC=C)c(CCC)c3)c3ccccc3-c3ccccc32)cc1CCC. The molecular weight excluding hydrogens is 452 g/mol. The van der Waals surface area contributed by atoms with E-state index in [4.69, 9.17) is 9.47 Å². The molecule has 0 aliphatic heterocycles. The molecule has 0 spiro atoms. The van der Waals surface area contributed by atoms with Crippen molar-refractivity contribution < 1.29 is 9.47 Å². The van der Waals surface area contributed by atoms with Crippen LogP contribution in [0.1, 0.15) is 60.1 Å². The molecule has 1 aliphatic carbocycles. The summed E-state index contributed by atoms with van der Waals surface area (Å²) in [5, 5.41) is 0. The molecule has 0 saturated carbocycles. The van der Waals surface area contributed by atoms with E-state index in [0.717, 1.165) is 37.2 Å². The van der Waals surface area contributed by atoms with Gasteiger partial charge in [-0.3, -0.25) is 0 Å². The summed E-state index contributed by atoms with van der Waals surface area (Å²) in [5.74, 6) is 1.74. The van der Waals surface area contributed by atoms with Gasteiger partial charge in [0.1, 0.15) is 11.5 Å². The van der Waals surface area contributed by atoms with E-state index in [1.165, 1.54) is 57.0 Å². The summed E-state index contributed by atoms with van der Waals surface area (Å²) in [5.41, 5.74) is 9.58. The van der Waals surface area contributed by atoms with E-state index in [9.17, 15) is 0 Å². The van der Waals surface area contributed by atoms with Crippen molar-refractivity contribution in [1.82, 2.24) is 0 Å². The van der Waals surface area contributed by atoms with Gasteiger partial charge in [-0.05, 0) is 69.5 Å². The standard InChI is InChI=1S/C35H34O2/c1-5-13-25-23-27(19-21-33(25)36-7-3)35(28-20-22-34(37-8-4)26(24-28)14-6-2)31-17-11-9-15-29(31)30-16-10-12-18-32(30)35/h7-12,15-24H,3-6,13-14H2,1-2H3. The van der Waals surface area contributed by atoms with Gasteiger partial charge in [0.2, 0.25) is 0 Å². The van der Waals surface area contributed by atoms with Gasteiger partial charge in [0.05, 0.1) is 17.9 Å². The molecule has 186 valence electrons. The van der Waals surface area contributed by atoms with E-state index in [1.807, 2.05) is 0 Å². The van der Waals surface area contributed by atoms with E-state index in [2.05, 4.69) is 112 Å². The highest BCUT2D eigenvalue weighted by molar-refractivity contribution is 5.86. The van der Waals surface area contributed by atoms with Crippen molar-refractivity contribution in [2.45, 2.75) is 44.9 Å². The monoisotopic (exact) mass is 486 g/mol. The third-order valence-corrected chi connectivity index (χ3v) is 7.40. The highest BCUT2D eigenvalue weighted by Crippen LogP contribution is 2.56. The van der Waals surface area contributed by atoms with Crippen LogP contribution in [0, 0.1) is 0 Å². The summed E-state index contributed by atoms with van der Waals surface area (Å²) in [7, 11) is 0. The molecule has 0 heterocycles. The Hall–Kier alpha value is -4.04. The summed E-state index contributed by atoms with van der Waals surface area (Å²) in [6.45, 7) is 12.0. The zero-order valence-electron chi connectivity index (χ0n) is 21.8. The molecular formula is C35H34O2. The highest BCUT2D eigenvalue weighted by Gasteiger charge is 2.46. The van der Waals surface area contributed by atoms with Gasteiger partial charge < -0.3 is 9.47 Å². The zero-order valence-corrected chi connectivity index (χ0v) is 21.8. The Morgan fingerprint density at radius 2 is 1.05 bits per heavy atom. The highest BCUT2D eigenvalue weighted by atomic mass is 16.5. The van der Waals surface area contributed by atoms with Crippen molar-refractivity contribution in [3.63, 3.8) is 0 Å². The number of benzene rings is 4. The number of ether oxygens (including phenoxy) is 2. The van der Waals surface area contributed by atoms with E-state index >= 15 is 0 Å². The fraction of sp³-hybridized carbons (Fsp3) is 0.200. The number of hydrogen-bond acceptors (Lipinski definition) is 2. The number of fused-ring (bicyclic) bond motifs is 3. The van der Waals surface area contributed by atoms with Crippen molar-refractivity contribution in [3.05, 3.63) is 144 Å². The Balaban J connectivity index is 1.87. The third-order valence-electron chi connectivity index (χ3n) is 7.40. The maximum absolute atomic E-state index is 5.82. The zero-order chi connectivity index (χ0) is 25.8. The van der Waals surface area contributed by atoms with Gasteiger partial charge in [0.25, 0.3) is 0 Å². The quantitative estimate of drug-likeness (QED) is 0.183. The molecule has 2 heteroatoms. The minimum absolute atomic E-state index is 0.461. The minimum Gasteiger partial charge on any atom is -0.465 e. The van der Waals surface area contributed by atoms with Gasteiger partial charge in [-0.1, -0.05) is 113 Å². The molecule has 37 heavy (non-hydrogen) atoms. The first-order valence-electron chi connectivity index (χ1n) is 13.2. The predicted octanol–water partition coefficient (Wildman–Crippen LogP) is 9.00. The molecule has 0 unspecified atom stereocenters. The van der Waals surface area contributed by atoms with Crippen LogP contribution in [-0.4, -0.2) is 0 Å². The average Bonchev–Trinajstić information content (AvgIpc) is 3.23. The average molecular weight is 487 g/mol. The summed E-state index contributed by atoms with van der Waals surface area (Å²) in [6.07, 6.45) is 6.96. The Labute approximate surface area is 220 Å². The molecule has 2 nitrogen and oxygen atoms in total. The number of hydrogen-bond donors (Lipinski definition) is 0. The first kappa shape index (κ1) is 24.6. The Morgan fingerprint density at radius 1 is 0.622 bits per heavy atom. The van der Waals surface area contributed by atoms with Gasteiger partial charge in [0.15, 0.2) is 0 Å². The molecule has 0 aromatic heterocycles. The van der Waals surface area contributed by atoms with Gasteiger partial charge in [0, 0.05) is 0 Å². The van der Waals surface area contributed by atoms with Crippen molar-refractivity contribution in [2.75, 3.05) is 0 Å². The van der Waals surface area contributed by atoms with E-state index < -0.39 is 5.41 Å². The third kappa shape index (κ3) is 4.07. The molecule has 0 atom stereocenters. The smallest absolute Gasteiger partial charge is 0.129 e. The van der Waals surface area contributed by atoms with Crippen LogP contribution < -0.4 is 9.47 Å². The van der Waals surface area contributed by atoms with Gasteiger partial charge in [-0.15, -0.1) is 0 Å². The van der Waals surface area contributed by atoms with Crippen molar-refractivity contribution in [3.8, 4) is 22.6 Å². The van der Waals surface area contributed by atoms with Crippen LogP contribution >= 0.6 is 0 Å². The molecule has 1 aliphatic rings. The second kappa shape index (κ2) is 10.5. The summed E-state index contributed by atoms with van der Waals surface area (Å²) in [6, 6.07) is 31.0. The van der Waals surface area contributed by atoms with Crippen LogP contribution in [0.15, 0.2) is 111 Å². The minimum atomic E-state index is -0.461. The second-order valence-electron chi connectivity index (χ2n) is 9.56. The van der Waals surface area contributed by atoms with Crippen LogP contribution in [0.25, 0.3) is 11.1 Å². The van der Waals surface area contributed by atoms with Crippen LogP contribution in [-0.2, 0) is 18.3 Å². The fourth-order valence-corrected chi connectivity index (χ4v) is 5.99. The molecule has 0 fully saturated rings. The second-order valence-corrected chi connectivity index (χ2v) is 9.56. The fourth-order valence-electron chi connectivity index (χ4n) is 5.99. The Bertz CT molecular complexity index is 1330. The predicted molar refractivity (Wildman–Crippen MR) is 153 cm³/mol. The lowest BCUT2D eigenvalue weighted by atomic mass is 9.67. The van der Waals surface area contributed by atoms with E-state index in [-0.39, 0.29) is 0 Å².